The van der Waals surface area contributed by atoms with Crippen molar-refractivity contribution in [2.24, 2.45) is 5.92 Å². The fraction of sp³-hybridized carbons (Fsp3) is 0.333. The maximum atomic E-state index is 9.07. The molecule has 0 spiro atoms. The number of halogens is 1. The Balaban J connectivity index is 1.55. The Hall–Kier alpha value is -2.85. The summed E-state index contributed by atoms with van der Waals surface area (Å²) in [5, 5.41) is 12.9. The number of imidazole rings is 1. The second kappa shape index (κ2) is 6.81. The van der Waals surface area contributed by atoms with Crippen molar-refractivity contribution in [3.05, 3.63) is 47.5 Å². The number of pyridine rings is 1. The third-order valence-electron chi connectivity index (χ3n) is 4.56. The zero-order valence-corrected chi connectivity index (χ0v) is 15.1. The fourth-order valence-electron chi connectivity index (χ4n) is 3.10. The number of hydrogen-bond donors (Lipinski definition) is 1. The normalized spacial score (nSPS) is 18.0. The molecular formula is C18H18ClN7. The summed E-state index contributed by atoms with van der Waals surface area (Å²) >= 11 is 6.29. The number of anilines is 2. The standard InChI is InChI=1S/C18H18ClN7/c1-12(15-11-25-6-3-2-4-16(25)23-15)22-17-14(19)9-21-18(24-17)26-7-5-13(8-20)10-26/h2-4,6,9,11-13H,5,7,10H2,1H3,(H,21,22,24)/t12-,13-/m0/s1. The van der Waals surface area contributed by atoms with E-state index in [0.717, 1.165) is 24.3 Å². The van der Waals surface area contributed by atoms with Crippen LogP contribution in [0.15, 0.2) is 36.8 Å². The molecule has 0 saturated carbocycles. The van der Waals surface area contributed by atoms with E-state index in [9.17, 15) is 0 Å². The Morgan fingerprint density at radius 1 is 1.38 bits per heavy atom. The van der Waals surface area contributed by atoms with Crippen LogP contribution in [-0.2, 0) is 0 Å². The van der Waals surface area contributed by atoms with Crippen LogP contribution < -0.4 is 10.2 Å². The topological polar surface area (TPSA) is 82.1 Å². The van der Waals surface area contributed by atoms with Gasteiger partial charge >= 0.3 is 0 Å². The van der Waals surface area contributed by atoms with E-state index >= 15 is 0 Å². The number of aromatic nitrogens is 4. The molecule has 7 nitrogen and oxygen atoms in total. The average Bonchev–Trinajstić information content (AvgIpc) is 3.30. The van der Waals surface area contributed by atoms with Gasteiger partial charge in [-0.05, 0) is 25.5 Å². The molecule has 8 heteroatoms. The largest absolute Gasteiger partial charge is 0.361 e. The molecule has 0 aliphatic carbocycles. The number of hydrogen-bond acceptors (Lipinski definition) is 6. The van der Waals surface area contributed by atoms with Gasteiger partial charge in [-0.2, -0.15) is 10.2 Å². The van der Waals surface area contributed by atoms with E-state index in [0.29, 0.717) is 23.3 Å². The van der Waals surface area contributed by atoms with Gasteiger partial charge < -0.3 is 14.6 Å². The number of fused-ring (bicyclic) bond motifs is 1. The first-order valence-corrected chi connectivity index (χ1v) is 8.89. The average molecular weight is 368 g/mol. The molecule has 2 atom stereocenters. The van der Waals surface area contributed by atoms with Gasteiger partial charge in [0.15, 0.2) is 5.82 Å². The van der Waals surface area contributed by atoms with Crippen molar-refractivity contribution in [1.29, 1.82) is 5.26 Å². The minimum atomic E-state index is -0.0689. The van der Waals surface area contributed by atoms with Gasteiger partial charge in [0, 0.05) is 25.5 Å². The highest BCUT2D eigenvalue weighted by atomic mass is 35.5. The summed E-state index contributed by atoms with van der Waals surface area (Å²) < 4.78 is 1.98. The number of nitriles is 1. The van der Waals surface area contributed by atoms with Gasteiger partial charge in [0.05, 0.1) is 29.9 Å². The van der Waals surface area contributed by atoms with E-state index in [1.54, 1.807) is 6.20 Å². The summed E-state index contributed by atoms with van der Waals surface area (Å²) in [5.41, 5.74) is 1.79. The first-order valence-electron chi connectivity index (χ1n) is 8.51. The minimum Gasteiger partial charge on any atom is -0.361 e. The maximum Gasteiger partial charge on any atom is 0.227 e. The lowest BCUT2D eigenvalue weighted by molar-refractivity contribution is 0.752. The third kappa shape index (κ3) is 3.16. The van der Waals surface area contributed by atoms with Crippen LogP contribution in [0.5, 0.6) is 0 Å². The first kappa shape index (κ1) is 16.6. The molecule has 1 saturated heterocycles. The molecule has 1 N–H and O–H groups in total. The summed E-state index contributed by atoms with van der Waals surface area (Å²) in [6.45, 7) is 3.45. The monoisotopic (exact) mass is 367 g/mol. The molecule has 4 rings (SSSR count). The van der Waals surface area contributed by atoms with Crippen LogP contribution >= 0.6 is 11.6 Å². The minimum absolute atomic E-state index is 0.0302. The van der Waals surface area contributed by atoms with E-state index < -0.39 is 0 Å². The van der Waals surface area contributed by atoms with Crippen molar-refractivity contribution in [3.8, 4) is 6.07 Å². The summed E-state index contributed by atoms with van der Waals surface area (Å²) in [6, 6.07) is 8.13. The zero-order valence-electron chi connectivity index (χ0n) is 14.3. The van der Waals surface area contributed by atoms with Gasteiger partial charge in [-0.1, -0.05) is 17.7 Å². The molecule has 0 radical (unpaired) electrons. The van der Waals surface area contributed by atoms with E-state index in [4.69, 9.17) is 16.9 Å². The molecule has 0 bridgehead atoms. The number of nitrogens with zero attached hydrogens (tertiary/aromatic N) is 6. The molecule has 3 aromatic heterocycles. The fourth-order valence-corrected chi connectivity index (χ4v) is 3.25. The predicted molar refractivity (Wildman–Crippen MR) is 100 cm³/mol. The van der Waals surface area contributed by atoms with Crippen LogP contribution in [0, 0.1) is 17.2 Å². The van der Waals surface area contributed by atoms with Gasteiger partial charge in [-0.15, -0.1) is 0 Å². The van der Waals surface area contributed by atoms with Gasteiger partial charge in [-0.3, -0.25) is 0 Å². The Kier molecular flexibility index (Phi) is 4.35. The van der Waals surface area contributed by atoms with E-state index in [2.05, 4.69) is 26.3 Å². The molecule has 0 amide bonds. The Labute approximate surface area is 156 Å². The van der Waals surface area contributed by atoms with Gasteiger partial charge in [0.2, 0.25) is 5.95 Å². The molecule has 1 fully saturated rings. The van der Waals surface area contributed by atoms with E-state index in [-0.39, 0.29) is 12.0 Å². The Morgan fingerprint density at radius 3 is 3.04 bits per heavy atom. The highest BCUT2D eigenvalue weighted by molar-refractivity contribution is 6.32. The van der Waals surface area contributed by atoms with Crippen LogP contribution in [0.3, 0.4) is 0 Å². The molecule has 0 unspecified atom stereocenters. The van der Waals surface area contributed by atoms with Crippen LogP contribution in [0.2, 0.25) is 5.02 Å². The quantitative estimate of drug-likeness (QED) is 0.761. The Bertz CT molecular complexity index is 944. The molecule has 132 valence electrons. The van der Waals surface area contributed by atoms with Crippen LogP contribution in [-0.4, -0.2) is 32.4 Å². The third-order valence-corrected chi connectivity index (χ3v) is 4.84. The van der Waals surface area contributed by atoms with Crippen LogP contribution in [0.25, 0.3) is 5.65 Å². The summed E-state index contributed by atoms with van der Waals surface area (Å²) in [7, 11) is 0. The smallest absolute Gasteiger partial charge is 0.227 e. The first-order chi connectivity index (χ1) is 12.6. The van der Waals surface area contributed by atoms with Gasteiger partial charge in [0.25, 0.3) is 0 Å². The highest BCUT2D eigenvalue weighted by Gasteiger charge is 2.25. The van der Waals surface area contributed by atoms with Gasteiger partial charge in [-0.25, -0.2) is 9.97 Å². The second-order valence-electron chi connectivity index (χ2n) is 6.43. The lowest BCUT2D eigenvalue weighted by atomic mass is 10.1. The highest BCUT2D eigenvalue weighted by Crippen LogP contribution is 2.27. The van der Waals surface area contributed by atoms with Crippen molar-refractivity contribution < 1.29 is 0 Å². The van der Waals surface area contributed by atoms with Crippen molar-refractivity contribution in [2.75, 3.05) is 23.3 Å². The van der Waals surface area contributed by atoms with Crippen molar-refractivity contribution in [3.63, 3.8) is 0 Å². The molecule has 4 heterocycles. The van der Waals surface area contributed by atoms with E-state index in [1.165, 1.54) is 0 Å². The van der Waals surface area contributed by atoms with Crippen LogP contribution in [0.1, 0.15) is 25.1 Å². The summed E-state index contributed by atoms with van der Waals surface area (Å²) in [5.74, 6) is 1.20. The number of rotatable bonds is 4. The molecule has 26 heavy (non-hydrogen) atoms. The van der Waals surface area contributed by atoms with Crippen LogP contribution in [0.4, 0.5) is 11.8 Å². The molecule has 1 aliphatic rings. The lowest BCUT2D eigenvalue weighted by Crippen LogP contribution is -2.22. The lowest BCUT2D eigenvalue weighted by Gasteiger charge is -2.18. The van der Waals surface area contributed by atoms with Crippen molar-refractivity contribution >= 4 is 29.0 Å². The predicted octanol–water partition coefficient (Wildman–Crippen LogP) is 3.30. The molecule has 0 aromatic carbocycles. The SMILES string of the molecule is C[C@H](Nc1nc(N2CC[C@@H](C#N)C2)ncc1Cl)c1cn2ccccc2n1. The number of nitrogens with one attached hydrogen (secondary N) is 1. The molecule has 1 aliphatic heterocycles. The molecular weight excluding hydrogens is 350 g/mol. The van der Waals surface area contributed by atoms with E-state index in [1.807, 2.05) is 46.8 Å². The zero-order chi connectivity index (χ0) is 18.1. The van der Waals surface area contributed by atoms with Crippen molar-refractivity contribution in [2.45, 2.75) is 19.4 Å². The molecule has 3 aromatic rings. The summed E-state index contributed by atoms with van der Waals surface area (Å²) in [6.07, 6.45) is 6.39. The van der Waals surface area contributed by atoms with Crippen molar-refractivity contribution in [1.82, 2.24) is 19.4 Å². The Morgan fingerprint density at radius 2 is 2.27 bits per heavy atom. The maximum absolute atomic E-state index is 9.07. The summed E-state index contributed by atoms with van der Waals surface area (Å²) in [4.78, 5) is 15.5. The second-order valence-corrected chi connectivity index (χ2v) is 6.83. The van der Waals surface area contributed by atoms with Gasteiger partial charge in [0.1, 0.15) is 10.7 Å².